The fourth-order valence-corrected chi connectivity index (χ4v) is 0.838. The topological polar surface area (TPSA) is 49.3 Å². The van der Waals surface area contributed by atoms with Crippen molar-refractivity contribution >= 4 is 6.29 Å². The maximum Gasteiger partial charge on any atom is 0.142 e. The van der Waals surface area contributed by atoms with E-state index in [0.717, 1.165) is 31.9 Å². The highest BCUT2D eigenvalue weighted by Crippen LogP contribution is 2.10. The van der Waals surface area contributed by atoms with Gasteiger partial charge in [0.2, 0.25) is 0 Å². The van der Waals surface area contributed by atoms with E-state index in [9.17, 15) is 4.79 Å². The molecule has 1 aliphatic heterocycles. The molecule has 0 aromatic rings. The zero-order chi connectivity index (χ0) is 7.98. The Balaban J connectivity index is 0.000000371. The van der Waals surface area contributed by atoms with Crippen LogP contribution in [0.2, 0.25) is 0 Å². The van der Waals surface area contributed by atoms with Gasteiger partial charge in [0.15, 0.2) is 0 Å². The number of aliphatic hydroxyl groups is 1. The van der Waals surface area contributed by atoms with Gasteiger partial charge in [-0.25, -0.2) is 0 Å². The number of nitrogens with one attached hydrogen (secondary N) is 1. The molecule has 2 N–H and O–H groups in total. The molecule has 0 radical (unpaired) electrons. The Bertz CT molecular complexity index is 123. The standard InChI is InChI=1S/C6H9NO.CH4O/c1-5-2-3-6(4-8)7-5;1-2/h4,6-7H,1-3H2;2H,1H3. The minimum Gasteiger partial charge on any atom is -0.400 e. The predicted molar refractivity (Wildman–Crippen MR) is 39.5 cm³/mol. The molecule has 0 aromatic carbocycles. The van der Waals surface area contributed by atoms with E-state index < -0.39 is 0 Å². The molecule has 1 heterocycles. The summed E-state index contributed by atoms with van der Waals surface area (Å²) in [6.45, 7) is 3.68. The third-order valence-electron chi connectivity index (χ3n) is 1.31. The molecule has 0 spiro atoms. The van der Waals surface area contributed by atoms with Gasteiger partial charge in [0.1, 0.15) is 6.29 Å². The van der Waals surface area contributed by atoms with Gasteiger partial charge in [0, 0.05) is 12.8 Å². The molecule has 1 rings (SSSR count). The molecule has 1 atom stereocenters. The highest BCUT2D eigenvalue weighted by Gasteiger charge is 2.14. The predicted octanol–water partition coefficient (Wildman–Crippen LogP) is 0.0595. The molecule has 58 valence electrons. The molecule has 0 aliphatic carbocycles. The Labute approximate surface area is 60.7 Å². The van der Waals surface area contributed by atoms with E-state index in [0.29, 0.717) is 0 Å². The number of hydrogen-bond acceptors (Lipinski definition) is 3. The largest absolute Gasteiger partial charge is 0.400 e. The molecule has 1 aliphatic rings. The van der Waals surface area contributed by atoms with Crippen LogP contribution in [-0.4, -0.2) is 24.5 Å². The van der Waals surface area contributed by atoms with Crippen LogP contribution in [0.3, 0.4) is 0 Å². The number of carbonyl (C=O) groups is 1. The molecule has 0 bridgehead atoms. The highest BCUT2D eigenvalue weighted by molar-refractivity contribution is 5.59. The van der Waals surface area contributed by atoms with Gasteiger partial charge in [-0.15, -0.1) is 0 Å². The summed E-state index contributed by atoms with van der Waals surface area (Å²) >= 11 is 0. The number of aldehydes is 1. The summed E-state index contributed by atoms with van der Waals surface area (Å²) < 4.78 is 0. The van der Waals surface area contributed by atoms with Crippen molar-refractivity contribution in [3.8, 4) is 0 Å². The quantitative estimate of drug-likeness (QED) is 0.510. The van der Waals surface area contributed by atoms with E-state index in [2.05, 4.69) is 11.9 Å². The van der Waals surface area contributed by atoms with Gasteiger partial charge >= 0.3 is 0 Å². The molecule has 0 aromatic heterocycles. The van der Waals surface area contributed by atoms with Crippen molar-refractivity contribution in [2.45, 2.75) is 18.9 Å². The molecule has 3 heteroatoms. The summed E-state index contributed by atoms with van der Waals surface area (Å²) in [5.74, 6) is 0. The van der Waals surface area contributed by atoms with Crippen LogP contribution in [0, 0.1) is 0 Å². The van der Waals surface area contributed by atoms with Crippen LogP contribution in [0.5, 0.6) is 0 Å². The Hall–Kier alpha value is -0.830. The lowest BCUT2D eigenvalue weighted by Crippen LogP contribution is -2.20. The lowest BCUT2D eigenvalue weighted by Gasteiger charge is -1.97. The molecule has 1 unspecified atom stereocenters. The molecular weight excluding hydrogens is 130 g/mol. The molecule has 0 amide bonds. The summed E-state index contributed by atoms with van der Waals surface area (Å²) in [4.78, 5) is 10.0. The number of aliphatic hydroxyl groups excluding tert-OH is 1. The van der Waals surface area contributed by atoms with Crippen molar-refractivity contribution in [3.05, 3.63) is 12.3 Å². The van der Waals surface area contributed by atoms with Crippen LogP contribution in [0.1, 0.15) is 12.8 Å². The monoisotopic (exact) mass is 143 g/mol. The van der Waals surface area contributed by atoms with E-state index in [1.54, 1.807) is 0 Å². The Morgan fingerprint density at radius 2 is 2.40 bits per heavy atom. The fourth-order valence-electron chi connectivity index (χ4n) is 0.838. The minimum absolute atomic E-state index is 0.0440. The van der Waals surface area contributed by atoms with Gasteiger partial charge in [-0.3, -0.25) is 0 Å². The Morgan fingerprint density at radius 1 is 1.80 bits per heavy atom. The second kappa shape index (κ2) is 4.99. The van der Waals surface area contributed by atoms with E-state index in [-0.39, 0.29) is 6.04 Å². The summed E-state index contributed by atoms with van der Waals surface area (Å²) in [5.41, 5.74) is 0.988. The van der Waals surface area contributed by atoms with E-state index in [4.69, 9.17) is 5.11 Å². The van der Waals surface area contributed by atoms with Crippen molar-refractivity contribution in [1.82, 2.24) is 5.32 Å². The van der Waals surface area contributed by atoms with Gasteiger partial charge in [0.05, 0.1) is 6.04 Å². The first-order chi connectivity index (χ1) is 4.83. The minimum atomic E-state index is 0.0440. The second-order valence-electron chi connectivity index (χ2n) is 2.03. The molecular formula is C7H13NO2. The van der Waals surface area contributed by atoms with Crippen LogP contribution in [-0.2, 0) is 4.79 Å². The first-order valence-corrected chi connectivity index (χ1v) is 3.17. The molecule has 1 saturated heterocycles. The third-order valence-corrected chi connectivity index (χ3v) is 1.31. The van der Waals surface area contributed by atoms with Crippen LogP contribution in [0.4, 0.5) is 0 Å². The molecule has 10 heavy (non-hydrogen) atoms. The van der Waals surface area contributed by atoms with Crippen LogP contribution in [0.15, 0.2) is 12.3 Å². The zero-order valence-electron chi connectivity index (χ0n) is 6.13. The van der Waals surface area contributed by atoms with Gasteiger partial charge < -0.3 is 15.2 Å². The highest BCUT2D eigenvalue weighted by atomic mass is 16.2. The van der Waals surface area contributed by atoms with E-state index in [1.807, 2.05) is 0 Å². The lowest BCUT2D eigenvalue weighted by molar-refractivity contribution is -0.109. The Kier molecular flexibility index (Phi) is 4.58. The number of carbonyl (C=O) groups excluding carboxylic acids is 1. The first kappa shape index (κ1) is 9.17. The lowest BCUT2D eigenvalue weighted by atomic mass is 10.2. The molecule has 1 fully saturated rings. The third kappa shape index (κ3) is 2.64. The van der Waals surface area contributed by atoms with Crippen molar-refractivity contribution in [1.29, 1.82) is 0 Å². The first-order valence-electron chi connectivity index (χ1n) is 3.17. The average molecular weight is 143 g/mol. The summed E-state index contributed by atoms with van der Waals surface area (Å²) in [7, 11) is 1.00. The summed E-state index contributed by atoms with van der Waals surface area (Å²) in [6, 6.07) is 0.0440. The Morgan fingerprint density at radius 3 is 2.60 bits per heavy atom. The second-order valence-corrected chi connectivity index (χ2v) is 2.03. The fraction of sp³-hybridized carbons (Fsp3) is 0.571. The van der Waals surface area contributed by atoms with Gasteiger partial charge in [0.25, 0.3) is 0 Å². The summed E-state index contributed by atoms with van der Waals surface area (Å²) in [6.07, 6.45) is 2.80. The van der Waals surface area contributed by atoms with E-state index >= 15 is 0 Å². The maximum atomic E-state index is 10.0. The van der Waals surface area contributed by atoms with Gasteiger partial charge in [-0.05, 0) is 12.8 Å². The summed E-state index contributed by atoms with van der Waals surface area (Å²) in [5, 5.41) is 9.94. The van der Waals surface area contributed by atoms with Crippen molar-refractivity contribution in [3.63, 3.8) is 0 Å². The number of allylic oxidation sites excluding steroid dienone is 1. The molecule has 3 nitrogen and oxygen atoms in total. The van der Waals surface area contributed by atoms with E-state index in [1.165, 1.54) is 0 Å². The van der Waals surface area contributed by atoms with Gasteiger partial charge in [-0.2, -0.15) is 0 Å². The van der Waals surface area contributed by atoms with Crippen molar-refractivity contribution in [2.75, 3.05) is 7.11 Å². The van der Waals surface area contributed by atoms with Crippen molar-refractivity contribution in [2.24, 2.45) is 0 Å². The normalized spacial score (nSPS) is 22.6. The average Bonchev–Trinajstić information content (AvgIpc) is 2.40. The SMILES string of the molecule is C=C1CCC(C=O)N1.CO. The van der Waals surface area contributed by atoms with Crippen LogP contribution >= 0.6 is 0 Å². The number of rotatable bonds is 1. The maximum absolute atomic E-state index is 10.0. The van der Waals surface area contributed by atoms with Crippen molar-refractivity contribution < 1.29 is 9.90 Å². The smallest absolute Gasteiger partial charge is 0.142 e. The molecule has 0 saturated carbocycles. The number of hydrogen-bond donors (Lipinski definition) is 2. The van der Waals surface area contributed by atoms with Crippen LogP contribution < -0.4 is 5.32 Å². The zero-order valence-corrected chi connectivity index (χ0v) is 6.13. The van der Waals surface area contributed by atoms with Crippen LogP contribution in [0.25, 0.3) is 0 Å². The van der Waals surface area contributed by atoms with Gasteiger partial charge in [-0.1, -0.05) is 6.58 Å².